The van der Waals surface area contributed by atoms with Gasteiger partial charge in [0.15, 0.2) is 5.76 Å². The minimum Gasteiger partial charge on any atom is -0.490 e. The van der Waals surface area contributed by atoms with Crippen molar-refractivity contribution in [1.82, 2.24) is 9.80 Å². The van der Waals surface area contributed by atoms with Gasteiger partial charge in [0, 0.05) is 37.6 Å². The first kappa shape index (κ1) is 20.8. The molecule has 0 spiro atoms. The fourth-order valence-corrected chi connectivity index (χ4v) is 5.19. The van der Waals surface area contributed by atoms with Crippen LogP contribution in [0.3, 0.4) is 0 Å². The van der Waals surface area contributed by atoms with Gasteiger partial charge in [-0.3, -0.25) is 4.79 Å². The second kappa shape index (κ2) is 8.47. The number of carbonyl (C=O) groups excluding carboxylic acids is 1. The van der Waals surface area contributed by atoms with Gasteiger partial charge >= 0.3 is 0 Å². The summed E-state index contributed by atoms with van der Waals surface area (Å²) in [7, 11) is 0. The van der Waals surface area contributed by atoms with Crippen LogP contribution in [0.5, 0.6) is 5.75 Å². The summed E-state index contributed by atoms with van der Waals surface area (Å²) < 4.78 is 18.1. The third kappa shape index (κ3) is 4.33. The molecule has 1 saturated carbocycles. The predicted octanol–water partition coefficient (Wildman–Crippen LogP) is 4.39. The molecule has 1 aromatic heterocycles. The molecule has 6 nitrogen and oxygen atoms in total. The van der Waals surface area contributed by atoms with E-state index in [1.807, 2.05) is 43.9 Å². The Balaban J connectivity index is 1.27. The Bertz CT molecular complexity index is 932. The van der Waals surface area contributed by atoms with Crippen LogP contribution in [0, 0.1) is 6.92 Å². The molecule has 3 heterocycles. The van der Waals surface area contributed by atoms with Gasteiger partial charge in [-0.2, -0.15) is 0 Å². The van der Waals surface area contributed by atoms with Gasteiger partial charge in [-0.1, -0.05) is 6.42 Å². The monoisotopic (exact) mass is 426 g/mol. The third-order valence-electron chi connectivity index (χ3n) is 7.09. The lowest BCUT2D eigenvalue weighted by Crippen LogP contribution is -2.48. The highest BCUT2D eigenvalue weighted by atomic mass is 16.5. The summed E-state index contributed by atoms with van der Waals surface area (Å²) in [6.45, 7) is 9.50. The molecule has 31 heavy (non-hydrogen) atoms. The molecule has 0 unspecified atom stereocenters. The van der Waals surface area contributed by atoms with Gasteiger partial charge in [0.25, 0.3) is 5.91 Å². The number of nitrogens with zero attached hydrogens (tertiary/aromatic N) is 2. The number of ether oxygens (including phenoxy) is 2. The van der Waals surface area contributed by atoms with E-state index in [0.29, 0.717) is 18.8 Å². The number of rotatable bonds is 4. The molecule has 0 N–H and O–H groups in total. The molecular weight excluding hydrogens is 392 g/mol. The number of likely N-dealkylation sites (tertiary alicyclic amines) is 1. The zero-order valence-corrected chi connectivity index (χ0v) is 18.9. The van der Waals surface area contributed by atoms with Gasteiger partial charge in [-0.25, -0.2) is 0 Å². The Morgan fingerprint density at radius 3 is 2.39 bits per heavy atom. The number of hydrogen-bond donors (Lipinski definition) is 0. The Kier molecular flexibility index (Phi) is 5.69. The number of benzene rings is 1. The maximum atomic E-state index is 13.0. The number of fused-ring (bicyclic) bond motifs is 1. The number of aryl methyl sites for hydroxylation is 1. The van der Waals surface area contributed by atoms with Crippen molar-refractivity contribution in [3.05, 3.63) is 29.5 Å². The lowest BCUT2D eigenvalue weighted by Gasteiger charge is -2.41. The number of furan rings is 1. The summed E-state index contributed by atoms with van der Waals surface area (Å²) in [6, 6.07) is 6.70. The number of amides is 1. The molecule has 6 heteroatoms. The van der Waals surface area contributed by atoms with E-state index in [9.17, 15) is 4.79 Å². The maximum Gasteiger partial charge on any atom is 0.289 e. The molecule has 2 aromatic rings. The molecule has 3 aliphatic rings. The molecule has 1 amide bonds. The standard InChI is InChI=1S/C25H34N2O4/c1-16-11-23-19(13-24(31-23)25(28)27-14-17(2)29-18(3)15-27)12-22(16)30-21-7-9-26(10-8-21)20-5-4-6-20/h11-13,17-18,20-21H,4-10,14-15H2,1-3H3/t17-,18+. The minimum atomic E-state index is -0.0679. The van der Waals surface area contributed by atoms with E-state index in [1.54, 1.807) is 0 Å². The summed E-state index contributed by atoms with van der Waals surface area (Å²) in [6.07, 6.45) is 6.62. The number of carbonyl (C=O) groups is 1. The molecule has 2 aliphatic heterocycles. The van der Waals surface area contributed by atoms with Gasteiger partial charge < -0.3 is 23.7 Å². The van der Waals surface area contributed by atoms with Crippen molar-refractivity contribution in [2.24, 2.45) is 0 Å². The SMILES string of the molecule is Cc1cc2oc(C(=O)N3C[C@@H](C)O[C@@H](C)C3)cc2cc1OC1CCN(C2CCC2)CC1. The lowest BCUT2D eigenvalue weighted by atomic mass is 9.90. The Labute approximate surface area is 184 Å². The largest absolute Gasteiger partial charge is 0.490 e. The lowest BCUT2D eigenvalue weighted by molar-refractivity contribution is -0.0591. The highest BCUT2D eigenvalue weighted by Crippen LogP contribution is 2.32. The molecule has 0 bridgehead atoms. The zero-order valence-electron chi connectivity index (χ0n) is 18.9. The average molecular weight is 427 g/mol. The summed E-state index contributed by atoms with van der Waals surface area (Å²) >= 11 is 0. The van der Waals surface area contributed by atoms with Crippen molar-refractivity contribution < 1.29 is 18.7 Å². The molecule has 0 radical (unpaired) electrons. The van der Waals surface area contributed by atoms with Gasteiger partial charge in [-0.15, -0.1) is 0 Å². The first-order valence-corrected chi connectivity index (χ1v) is 11.9. The van der Waals surface area contributed by atoms with E-state index < -0.39 is 0 Å². The number of morpholine rings is 1. The van der Waals surface area contributed by atoms with Crippen LogP contribution in [-0.4, -0.2) is 66.2 Å². The zero-order chi connectivity index (χ0) is 21.5. The predicted molar refractivity (Wildman–Crippen MR) is 120 cm³/mol. The Hall–Kier alpha value is -2.05. The van der Waals surface area contributed by atoms with E-state index in [2.05, 4.69) is 4.90 Å². The molecule has 3 fully saturated rings. The summed E-state index contributed by atoms with van der Waals surface area (Å²) in [5, 5.41) is 0.921. The highest BCUT2D eigenvalue weighted by molar-refractivity contribution is 5.96. The second-order valence-corrected chi connectivity index (χ2v) is 9.67. The maximum absolute atomic E-state index is 13.0. The van der Waals surface area contributed by atoms with Crippen molar-refractivity contribution >= 4 is 16.9 Å². The van der Waals surface area contributed by atoms with Gasteiger partial charge in [0.05, 0.1) is 12.2 Å². The van der Waals surface area contributed by atoms with Crippen LogP contribution in [0.2, 0.25) is 0 Å². The molecule has 1 aliphatic carbocycles. The van der Waals surface area contributed by atoms with Crippen molar-refractivity contribution in [2.45, 2.75) is 77.2 Å². The van der Waals surface area contributed by atoms with E-state index in [0.717, 1.165) is 54.3 Å². The smallest absolute Gasteiger partial charge is 0.289 e. The van der Waals surface area contributed by atoms with Gasteiger partial charge in [0.1, 0.15) is 17.4 Å². The molecule has 2 atom stereocenters. The fraction of sp³-hybridized carbons (Fsp3) is 0.640. The van der Waals surface area contributed by atoms with Crippen molar-refractivity contribution in [3.8, 4) is 5.75 Å². The molecule has 2 saturated heterocycles. The first-order chi connectivity index (χ1) is 15.0. The summed E-state index contributed by atoms with van der Waals surface area (Å²) in [5.74, 6) is 1.23. The molecular formula is C25H34N2O4. The van der Waals surface area contributed by atoms with Crippen LogP contribution in [0.4, 0.5) is 0 Å². The van der Waals surface area contributed by atoms with Crippen LogP contribution in [-0.2, 0) is 4.74 Å². The Morgan fingerprint density at radius 1 is 1.03 bits per heavy atom. The van der Waals surface area contributed by atoms with Crippen LogP contribution in [0.1, 0.15) is 62.1 Å². The fourth-order valence-electron chi connectivity index (χ4n) is 5.19. The Morgan fingerprint density at radius 2 is 1.74 bits per heavy atom. The normalized spacial score (nSPS) is 26.2. The first-order valence-electron chi connectivity index (χ1n) is 11.9. The number of piperidine rings is 1. The van der Waals surface area contributed by atoms with Crippen molar-refractivity contribution in [3.63, 3.8) is 0 Å². The topological polar surface area (TPSA) is 55.2 Å². The second-order valence-electron chi connectivity index (χ2n) is 9.67. The number of hydrogen-bond acceptors (Lipinski definition) is 5. The van der Waals surface area contributed by atoms with Gasteiger partial charge in [-0.05, 0) is 70.2 Å². The average Bonchev–Trinajstić information content (AvgIpc) is 3.09. The van der Waals surface area contributed by atoms with E-state index >= 15 is 0 Å². The summed E-state index contributed by atoms with van der Waals surface area (Å²) in [5.41, 5.74) is 1.79. The van der Waals surface area contributed by atoms with Crippen LogP contribution < -0.4 is 4.74 Å². The van der Waals surface area contributed by atoms with Crippen molar-refractivity contribution in [2.75, 3.05) is 26.2 Å². The van der Waals surface area contributed by atoms with Crippen LogP contribution in [0.15, 0.2) is 22.6 Å². The van der Waals surface area contributed by atoms with Gasteiger partial charge in [0.2, 0.25) is 0 Å². The highest BCUT2D eigenvalue weighted by Gasteiger charge is 2.30. The van der Waals surface area contributed by atoms with Crippen LogP contribution in [0.25, 0.3) is 11.0 Å². The van der Waals surface area contributed by atoms with E-state index in [4.69, 9.17) is 13.9 Å². The molecule has 1 aromatic carbocycles. The van der Waals surface area contributed by atoms with Crippen LogP contribution >= 0.6 is 0 Å². The quantitative estimate of drug-likeness (QED) is 0.726. The van der Waals surface area contributed by atoms with E-state index in [-0.39, 0.29) is 24.2 Å². The minimum absolute atomic E-state index is 0.0371. The molecule has 168 valence electrons. The van der Waals surface area contributed by atoms with E-state index in [1.165, 1.54) is 19.3 Å². The molecule has 5 rings (SSSR count). The third-order valence-corrected chi connectivity index (χ3v) is 7.09. The van der Waals surface area contributed by atoms with Crippen molar-refractivity contribution in [1.29, 1.82) is 0 Å². The summed E-state index contributed by atoms with van der Waals surface area (Å²) in [4.78, 5) is 17.5.